The van der Waals surface area contributed by atoms with Gasteiger partial charge >= 0.3 is 5.97 Å². The third-order valence-corrected chi connectivity index (χ3v) is 14.8. The van der Waals surface area contributed by atoms with E-state index in [0.29, 0.717) is 19.4 Å². The van der Waals surface area contributed by atoms with Crippen LogP contribution in [0, 0.1) is 0 Å². The fraction of sp³-hybridized carbons (Fsp3) is 0.937. The first kappa shape index (κ1) is 67.6. The molecule has 0 saturated carbocycles. The average Bonchev–Trinajstić information content (AvgIpc) is 3.35. The Morgan fingerprint density at radius 3 is 0.986 bits per heavy atom. The van der Waals surface area contributed by atoms with Crippen molar-refractivity contribution in [1.29, 1.82) is 0 Å². The van der Waals surface area contributed by atoms with Crippen molar-refractivity contribution < 1.29 is 24.5 Å². The fourth-order valence-electron chi connectivity index (χ4n) is 9.99. The Kier molecular flexibility index (Phi) is 58.0. The van der Waals surface area contributed by atoms with Crippen LogP contribution in [0.4, 0.5) is 0 Å². The van der Waals surface area contributed by atoms with E-state index in [9.17, 15) is 19.8 Å². The molecule has 0 aliphatic carbocycles. The van der Waals surface area contributed by atoms with Gasteiger partial charge in [0.2, 0.25) is 5.91 Å². The van der Waals surface area contributed by atoms with Crippen LogP contribution in [0.2, 0.25) is 0 Å². The van der Waals surface area contributed by atoms with Gasteiger partial charge < -0.3 is 20.3 Å². The van der Waals surface area contributed by atoms with E-state index >= 15 is 0 Å². The van der Waals surface area contributed by atoms with Crippen molar-refractivity contribution in [3.8, 4) is 0 Å². The number of carbonyl (C=O) groups is 2. The van der Waals surface area contributed by atoms with Gasteiger partial charge in [0.25, 0.3) is 0 Å². The van der Waals surface area contributed by atoms with Crippen molar-refractivity contribution in [3.63, 3.8) is 0 Å². The summed E-state index contributed by atoms with van der Waals surface area (Å²) in [5.41, 5.74) is 0. The number of aliphatic hydroxyl groups excluding tert-OH is 2. The van der Waals surface area contributed by atoms with E-state index in [1.807, 2.05) is 6.08 Å². The summed E-state index contributed by atoms with van der Waals surface area (Å²) in [4.78, 5) is 24.5. The van der Waals surface area contributed by atoms with Gasteiger partial charge in [0.05, 0.1) is 25.4 Å². The standard InChI is InChI=1S/C63H123NO5/c1-3-5-7-9-11-13-15-16-17-18-19-23-26-29-32-36-39-43-47-51-55-61(66)60(59-65)64-62(67)56-52-48-44-40-37-33-30-27-24-21-20-22-25-28-31-34-38-42-46-50-54-58-69-63(68)57-53-49-45-41-35-14-12-10-8-6-4-2/h51,55,60-61,65-66H,3-50,52-54,56-59H2,1-2H3,(H,64,67)/b55-51+. The maximum Gasteiger partial charge on any atom is 0.305 e. The number of esters is 1. The summed E-state index contributed by atoms with van der Waals surface area (Å²) >= 11 is 0. The zero-order valence-electron chi connectivity index (χ0n) is 46.8. The molecule has 0 radical (unpaired) electrons. The third-order valence-electron chi connectivity index (χ3n) is 14.8. The first-order valence-corrected chi connectivity index (χ1v) is 31.5. The Labute approximate surface area is 431 Å². The summed E-state index contributed by atoms with van der Waals surface area (Å²) in [6.45, 7) is 4.93. The van der Waals surface area contributed by atoms with Crippen molar-refractivity contribution in [2.75, 3.05) is 13.2 Å². The van der Waals surface area contributed by atoms with Gasteiger partial charge in [-0.25, -0.2) is 0 Å². The van der Waals surface area contributed by atoms with Crippen LogP contribution in [0.25, 0.3) is 0 Å². The van der Waals surface area contributed by atoms with Crippen LogP contribution in [-0.4, -0.2) is 47.4 Å². The molecule has 0 spiro atoms. The van der Waals surface area contributed by atoms with Crippen LogP contribution in [0.15, 0.2) is 12.2 Å². The van der Waals surface area contributed by atoms with Crippen molar-refractivity contribution in [1.82, 2.24) is 5.32 Å². The summed E-state index contributed by atoms with van der Waals surface area (Å²) in [7, 11) is 0. The topological polar surface area (TPSA) is 95.9 Å². The largest absolute Gasteiger partial charge is 0.466 e. The second-order valence-corrected chi connectivity index (χ2v) is 21.8. The molecule has 2 atom stereocenters. The first-order valence-electron chi connectivity index (χ1n) is 31.5. The van der Waals surface area contributed by atoms with Gasteiger partial charge in [-0.1, -0.05) is 321 Å². The van der Waals surface area contributed by atoms with Gasteiger partial charge in [-0.2, -0.15) is 0 Å². The third kappa shape index (κ3) is 55.8. The molecule has 6 nitrogen and oxygen atoms in total. The number of hydrogen-bond donors (Lipinski definition) is 3. The highest BCUT2D eigenvalue weighted by molar-refractivity contribution is 5.76. The number of ether oxygens (including phenoxy) is 1. The Hall–Kier alpha value is -1.40. The molecule has 3 N–H and O–H groups in total. The lowest BCUT2D eigenvalue weighted by molar-refractivity contribution is -0.143. The minimum Gasteiger partial charge on any atom is -0.466 e. The van der Waals surface area contributed by atoms with Crippen LogP contribution >= 0.6 is 0 Å². The number of rotatable bonds is 59. The Balaban J connectivity index is 3.42. The lowest BCUT2D eigenvalue weighted by Crippen LogP contribution is -2.45. The predicted molar refractivity (Wildman–Crippen MR) is 301 cm³/mol. The van der Waals surface area contributed by atoms with Gasteiger partial charge in [0.1, 0.15) is 0 Å². The van der Waals surface area contributed by atoms with Crippen LogP contribution in [0.3, 0.4) is 0 Å². The molecule has 0 aliphatic heterocycles. The predicted octanol–water partition coefficient (Wildman–Crippen LogP) is 19.6. The lowest BCUT2D eigenvalue weighted by Gasteiger charge is -2.20. The Morgan fingerprint density at radius 1 is 0.391 bits per heavy atom. The summed E-state index contributed by atoms with van der Waals surface area (Å²) in [5, 5.41) is 23.2. The van der Waals surface area contributed by atoms with E-state index in [0.717, 1.165) is 38.5 Å². The molecule has 0 rings (SSSR count). The summed E-state index contributed by atoms with van der Waals surface area (Å²) < 4.78 is 5.47. The monoisotopic (exact) mass is 974 g/mol. The second kappa shape index (κ2) is 59.2. The Bertz CT molecular complexity index is 1030. The van der Waals surface area contributed by atoms with Crippen LogP contribution in [-0.2, 0) is 14.3 Å². The van der Waals surface area contributed by atoms with E-state index in [1.54, 1.807) is 6.08 Å². The number of aliphatic hydroxyl groups is 2. The van der Waals surface area contributed by atoms with Crippen molar-refractivity contribution in [2.24, 2.45) is 0 Å². The fourth-order valence-corrected chi connectivity index (χ4v) is 9.99. The van der Waals surface area contributed by atoms with Gasteiger partial charge in [0, 0.05) is 12.8 Å². The average molecular weight is 975 g/mol. The van der Waals surface area contributed by atoms with Gasteiger partial charge in [-0.15, -0.1) is 0 Å². The second-order valence-electron chi connectivity index (χ2n) is 21.8. The molecule has 410 valence electrons. The molecule has 0 bridgehead atoms. The van der Waals surface area contributed by atoms with E-state index in [4.69, 9.17) is 4.74 Å². The molecule has 2 unspecified atom stereocenters. The van der Waals surface area contributed by atoms with Crippen LogP contribution in [0.1, 0.15) is 354 Å². The van der Waals surface area contributed by atoms with Gasteiger partial charge in [0.15, 0.2) is 0 Å². The molecular weight excluding hydrogens is 851 g/mol. The molecule has 6 heteroatoms. The molecule has 0 aliphatic rings. The van der Waals surface area contributed by atoms with E-state index in [1.165, 1.54) is 289 Å². The number of carbonyl (C=O) groups excluding carboxylic acids is 2. The van der Waals surface area contributed by atoms with Crippen molar-refractivity contribution in [3.05, 3.63) is 12.2 Å². The lowest BCUT2D eigenvalue weighted by atomic mass is 10.0. The highest BCUT2D eigenvalue weighted by Gasteiger charge is 2.18. The van der Waals surface area contributed by atoms with E-state index in [-0.39, 0.29) is 18.5 Å². The highest BCUT2D eigenvalue weighted by atomic mass is 16.5. The normalized spacial score (nSPS) is 12.6. The highest BCUT2D eigenvalue weighted by Crippen LogP contribution is 2.18. The van der Waals surface area contributed by atoms with Gasteiger partial charge in [-0.3, -0.25) is 9.59 Å². The number of nitrogens with one attached hydrogen (secondary N) is 1. The molecule has 0 heterocycles. The Morgan fingerprint density at radius 2 is 0.667 bits per heavy atom. The quantitative estimate of drug-likeness (QED) is 0.0321. The van der Waals surface area contributed by atoms with Crippen LogP contribution in [0.5, 0.6) is 0 Å². The first-order chi connectivity index (χ1) is 34.0. The minimum atomic E-state index is -0.845. The summed E-state index contributed by atoms with van der Waals surface area (Å²) in [6, 6.07) is -0.628. The number of amides is 1. The maximum atomic E-state index is 12.5. The van der Waals surface area contributed by atoms with E-state index in [2.05, 4.69) is 19.2 Å². The van der Waals surface area contributed by atoms with Crippen LogP contribution < -0.4 is 5.32 Å². The molecule has 1 amide bonds. The minimum absolute atomic E-state index is 0.0118. The molecular formula is C63H123NO5. The van der Waals surface area contributed by atoms with Gasteiger partial charge in [-0.05, 0) is 32.1 Å². The van der Waals surface area contributed by atoms with E-state index < -0.39 is 12.1 Å². The SMILES string of the molecule is CCCCCCCCCCCCCCCCCCCC/C=C/C(O)C(CO)NC(=O)CCCCCCCCCCCCCCCCCCCCCCCOC(=O)CCCCCCCCCCCCC. The summed E-state index contributed by atoms with van der Waals surface area (Å²) in [6.07, 6.45) is 71.1. The zero-order chi connectivity index (χ0) is 50.0. The molecule has 0 aromatic heterocycles. The zero-order valence-corrected chi connectivity index (χ0v) is 46.8. The smallest absolute Gasteiger partial charge is 0.305 e. The number of allylic oxidation sites excluding steroid dienone is 1. The molecule has 0 aromatic rings. The van der Waals surface area contributed by atoms with Crippen molar-refractivity contribution >= 4 is 11.9 Å². The molecule has 0 aromatic carbocycles. The number of hydrogen-bond acceptors (Lipinski definition) is 5. The molecule has 0 fully saturated rings. The maximum absolute atomic E-state index is 12.5. The number of unbranched alkanes of at least 4 members (excludes halogenated alkanes) is 48. The molecule has 0 saturated heterocycles. The van der Waals surface area contributed by atoms with Crippen molar-refractivity contribution in [2.45, 2.75) is 366 Å². The molecule has 69 heavy (non-hydrogen) atoms. The summed E-state index contributed by atoms with van der Waals surface area (Å²) in [5.74, 6) is -0.0534.